The minimum absolute atomic E-state index is 0.0209. The fraction of sp³-hybridized carbons (Fsp3) is 0.130. The molecule has 4 nitrogen and oxygen atoms in total. The quantitative estimate of drug-likeness (QED) is 0.0858. The molecule has 0 spiro atoms. The summed E-state index contributed by atoms with van der Waals surface area (Å²) in [7, 11) is 0. The van der Waals surface area contributed by atoms with E-state index in [9.17, 15) is 0 Å². The predicted molar refractivity (Wildman–Crippen MR) is 243 cm³/mol. The number of nitrogens with zero attached hydrogens (tertiary/aromatic N) is 3. The summed E-state index contributed by atoms with van der Waals surface area (Å²) in [6, 6.07) is 62.1. The molecule has 0 fully saturated rings. The van der Waals surface area contributed by atoms with Gasteiger partial charge < -0.3 is 9.80 Å². The lowest BCUT2D eigenvalue weighted by molar-refractivity contribution is 0.518. The molecular formula is C54H46N4. The number of hydrazone groups is 1. The number of nitrogens with one attached hydrogen (secondary N) is 1. The fourth-order valence-corrected chi connectivity index (χ4v) is 9.46. The molecule has 2 unspecified atom stereocenters. The lowest BCUT2D eigenvalue weighted by Gasteiger charge is -2.34. The van der Waals surface area contributed by atoms with Crippen LogP contribution in [0.1, 0.15) is 60.2 Å². The molecule has 1 N–H and O–H groups in total. The first kappa shape index (κ1) is 35.5. The van der Waals surface area contributed by atoms with Crippen LogP contribution in [-0.4, -0.2) is 6.72 Å². The molecule has 7 aromatic rings. The number of rotatable bonds is 10. The monoisotopic (exact) mass is 750 g/mol. The van der Waals surface area contributed by atoms with E-state index in [2.05, 4.69) is 223 Å². The van der Waals surface area contributed by atoms with Gasteiger partial charge in [-0.15, -0.1) is 0 Å². The molecule has 1 heterocycles. The lowest BCUT2D eigenvalue weighted by Crippen LogP contribution is -2.36. The summed E-state index contributed by atoms with van der Waals surface area (Å²) >= 11 is 0. The number of allylic oxidation sites excluding steroid dienone is 4. The topological polar surface area (TPSA) is 30.9 Å². The van der Waals surface area contributed by atoms with Crippen LogP contribution in [0.5, 0.6) is 0 Å². The van der Waals surface area contributed by atoms with E-state index in [1.165, 1.54) is 67.0 Å². The van der Waals surface area contributed by atoms with E-state index in [0.717, 1.165) is 23.4 Å². The highest BCUT2D eigenvalue weighted by Crippen LogP contribution is 2.52. The van der Waals surface area contributed by atoms with E-state index in [1.807, 2.05) is 6.07 Å². The first-order chi connectivity index (χ1) is 28.5. The van der Waals surface area contributed by atoms with E-state index >= 15 is 0 Å². The maximum Gasteiger partial charge on any atom is 0.141 e. The van der Waals surface area contributed by atoms with Gasteiger partial charge >= 0.3 is 0 Å². The number of anilines is 3. The number of hydrogen-bond donors (Lipinski definition) is 1. The molecular weight excluding hydrogens is 705 g/mol. The zero-order chi connectivity index (χ0) is 39.2. The molecule has 7 aromatic carbocycles. The van der Waals surface area contributed by atoms with Crippen LogP contribution in [0.15, 0.2) is 199 Å². The van der Waals surface area contributed by atoms with Crippen LogP contribution >= 0.6 is 0 Å². The maximum atomic E-state index is 4.17. The van der Waals surface area contributed by atoms with Gasteiger partial charge in [-0.2, -0.15) is 5.10 Å². The average Bonchev–Trinajstić information content (AvgIpc) is 3.73. The van der Waals surface area contributed by atoms with Crippen LogP contribution in [-0.2, 0) is 12.0 Å². The van der Waals surface area contributed by atoms with Gasteiger partial charge in [-0.1, -0.05) is 159 Å². The standard InChI is InChI=1S/C54H46N4/c1-54(2)49-20-12-10-18-45(49)46-32-26-41(34-50(46)54)38-22-24-39(25-23-38)42-27-33-48-47-19-11-13-21-51(47)58(52(48)35-42)44-30-28-43(29-31-44)57(36-37-14-6-4-7-15-37)53(56-55-3)40-16-8-5-9-17-40/h4-18,20-35,47,53,56H,3,19,36H2,1-2H3. The third kappa shape index (κ3) is 6.13. The van der Waals surface area contributed by atoms with Crippen LogP contribution in [0.4, 0.5) is 17.1 Å². The Morgan fingerprint density at radius 2 is 1.33 bits per heavy atom. The van der Waals surface area contributed by atoms with Gasteiger partial charge in [0.1, 0.15) is 6.17 Å². The van der Waals surface area contributed by atoms with Crippen molar-refractivity contribution >= 4 is 23.8 Å². The van der Waals surface area contributed by atoms with Gasteiger partial charge in [0, 0.05) is 41.7 Å². The SMILES string of the molecule is C=NNC(c1ccccc1)N(Cc1ccccc1)c1ccc(N2C3=CC=CCC3c3ccc(-c4ccc(-c5ccc6c(c5)C(C)(C)c5ccccc5-6)cc4)cc32)cc1. The van der Waals surface area contributed by atoms with E-state index in [0.29, 0.717) is 12.5 Å². The van der Waals surface area contributed by atoms with Crippen LogP contribution in [0.25, 0.3) is 33.4 Å². The highest BCUT2D eigenvalue weighted by atomic mass is 15.4. The molecule has 4 heteroatoms. The average molecular weight is 751 g/mol. The molecule has 0 saturated carbocycles. The summed E-state index contributed by atoms with van der Waals surface area (Å²) in [5.41, 5.74) is 22.2. The van der Waals surface area contributed by atoms with Crippen molar-refractivity contribution in [2.24, 2.45) is 5.10 Å². The van der Waals surface area contributed by atoms with Crippen molar-refractivity contribution < 1.29 is 0 Å². The van der Waals surface area contributed by atoms with E-state index in [-0.39, 0.29) is 11.6 Å². The minimum Gasteiger partial charge on any atom is -0.342 e. The van der Waals surface area contributed by atoms with E-state index < -0.39 is 0 Å². The van der Waals surface area contributed by atoms with Crippen molar-refractivity contribution in [1.29, 1.82) is 0 Å². The van der Waals surface area contributed by atoms with E-state index in [4.69, 9.17) is 0 Å². The zero-order valence-electron chi connectivity index (χ0n) is 33.0. The third-order valence-corrected chi connectivity index (χ3v) is 12.4. The van der Waals surface area contributed by atoms with Crippen LogP contribution in [0.2, 0.25) is 0 Å². The molecule has 0 aromatic heterocycles. The summed E-state index contributed by atoms with van der Waals surface area (Å²) in [4.78, 5) is 4.83. The fourth-order valence-electron chi connectivity index (χ4n) is 9.46. The molecule has 0 radical (unpaired) electrons. The number of fused-ring (bicyclic) bond motifs is 6. The molecule has 10 rings (SSSR count). The van der Waals surface area contributed by atoms with Crippen molar-refractivity contribution in [2.45, 2.75) is 44.3 Å². The smallest absolute Gasteiger partial charge is 0.141 e. The Kier molecular flexibility index (Phi) is 8.90. The second-order valence-corrected chi connectivity index (χ2v) is 16.2. The minimum atomic E-state index is -0.200. The molecule has 3 aliphatic rings. The molecule has 2 aliphatic carbocycles. The summed E-state index contributed by atoms with van der Waals surface area (Å²) in [5, 5.41) is 4.17. The van der Waals surface area contributed by atoms with Gasteiger partial charge in [-0.05, 0) is 110 Å². The summed E-state index contributed by atoms with van der Waals surface area (Å²) in [6.07, 6.45) is 7.58. The normalized spacial score (nSPS) is 16.1. The largest absolute Gasteiger partial charge is 0.342 e. The third-order valence-electron chi connectivity index (χ3n) is 12.4. The Bertz CT molecular complexity index is 2690. The Morgan fingerprint density at radius 1 is 0.690 bits per heavy atom. The molecule has 282 valence electrons. The van der Waals surface area contributed by atoms with Gasteiger partial charge in [-0.25, -0.2) is 0 Å². The summed E-state index contributed by atoms with van der Waals surface area (Å²) in [6.45, 7) is 9.19. The van der Waals surface area contributed by atoms with Crippen molar-refractivity contribution in [2.75, 3.05) is 9.80 Å². The Balaban J connectivity index is 0.971. The number of benzene rings is 7. The molecule has 58 heavy (non-hydrogen) atoms. The summed E-state index contributed by atoms with van der Waals surface area (Å²) in [5.74, 6) is 0.325. The van der Waals surface area contributed by atoms with Gasteiger partial charge in [0.15, 0.2) is 0 Å². The van der Waals surface area contributed by atoms with E-state index in [1.54, 1.807) is 0 Å². The lowest BCUT2D eigenvalue weighted by atomic mass is 9.81. The summed E-state index contributed by atoms with van der Waals surface area (Å²) < 4.78 is 0. The highest BCUT2D eigenvalue weighted by molar-refractivity contribution is 5.86. The van der Waals surface area contributed by atoms with Crippen molar-refractivity contribution in [3.63, 3.8) is 0 Å². The Morgan fingerprint density at radius 3 is 2.07 bits per heavy atom. The molecule has 0 amide bonds. The number of hydrogen-bond acceptors (Lipinski definition) is 4. The van der Waals surface area contributed by atoms with Crippen molar-refractivity contribution in [3.05, 3.63) is 222 Å². The first-order valence-electron chi connectivity index (χ1n) is 20.3. The van der Waals surface area contributed by atoms with Crippen LogP contribution in [0.3, 0.4) is 0 Å². The molecule has 1 aliphatic heterocycles. The first-order valence-corrected chi connectivity index (χ1v) is 20.3. The van der Waals surface area contributed by atoms with Crippen LogP contribution < -0.4 is 15.2 Å². The molecule has 0 saturated heterocycles. The second kappa shape index (κ2) is 14.5. The Labute approximate surface area is 342 Å². The molecule has 0 bridgehead atoms. The van der Waals surface area contributed by atoms with Crippen molar-refractivity contribution in [3.8, 4) is 33.4 Å². The Hall–Kier alpha value is -6.91. The van der Waals surface area contributed by atoms with Crippen LogP contribution in [0, 0.1) is 0 Å². The second-order valence-electron chi connectivity index (χ2n) is 16.2. The van der Waals surface area contributed by atoms with Gasteiger partial charge in [0.05, 0.1) is 5.69 Å². The molecule has 2 atom stereocenters. The zero-order valence-corrected chi connectivity index (χ0v) is 33.0. The maximum absolute atomic E-state index is 4.17. The highest BCUT2D eigenvalue weighted by Gasteiger charge is 2.36. The predicted octanol–water partition coefficient (Wildman–Crippen LogP) is 13.3. The van der Waals surface area contributed by atoms with Gasteiger partial charge in [0.2, 0.25) is 0 Å². The van der Waals surface area contributed by atoms with Gasteiger partial charge in [-0.3, -0.25) is 5.43 Å². The van der Waals surface area contributed by atoms with Crippen molar-refractivity contribution in [1.82, 2.24) is 5.43 Å². The van der Waals surface area contributed by atoms with Gasteiger partial charge in [0.25, 0.3) is 0 Å².